The van der Waals surface area contributed by atoms with Crippen molar-refractivity contribution in [1.29, 1.82) is 0 Å². The standard InChI is InChI=1S/C26H38O5/c1-6-25(4,5)24(29)31-21-10-15(2)9-17-8-7-16(3)26(23(17)21)13-18(14-26)20-11-19(27)12-22(28)30-20/h7-9,15-16,18-21,23,27H,6,10-14H2,1-5H3/t15-,16-,18?,19?,20?,21-,23+,26?/m0/s1. The Hall–Kier alpha value is -1.62. The van der Waals surface area contributed by atoms with E-state index in [4.69, 9.17) is 9.47 Å². The number of carbonyl (C=O) groups is 2. The van der Waals surface area contributed by atoms with Crippen LogP contribution in [-0.4, -0.2) is 35.4 Å². The number of cyclic esters (lactones) is 1. The lowest BCUT2D eigenvalue weighted by Crippen LogP contribution is -2.58. The third-order valence-electron chi connectivity index (χ3n) is 8.61. The smallest absolute Gasteiger partial charge is 0.311 e. The highest BCUT2D eigenvalue weighted by Crippen LogP contribution is 2.64. The first-order valence-electron chi connectivity index (χ1n) is 12.0. The first kappa shape index (κ1) is 22.6. The molecule has 0 radical (unpaired) electrons. The van der Waals surface area contributed by atoms with Gasteiger partial charge in [0.25, 0.3) is 0 Å². The monoisotopic (exact) mass is 430 g/mol. The molecule has 3 aliphatic carbocycles. The molecule has 0 aromatic rings. The van der Waals surface area contributed by atoms with Gasteiger partial charge >= 0.3 is 11.9 Å². The number of ether oxygens (including phenoxy) is 2. The Kier molecular flexibility index (Phi) is 5.87. The van der Waals surface area contributed by atoms with E-state index in [1.54, 1.807) is 0 Å². The predicted molar refractivity (Wildman–Crippen MR) is 118 cm³/mol. The highest BCUT2D eigenvalue weighted by Gasteiger charge is 2.60. The molecule has 0 aromatic carbocycles. The highest BCUT2D eigenvalue weighted by atomic mass is 16.6. The van der Waals surface area contributed by atoms with Crippen molar-refractivity contribution < 1.29 is 24.2 Å². The number of hydrogen-bond donors (Lipinski definition) is 1. The summed E-state index contributed by atoms with van der Waals surface area (Å²) in [7, 11) is 0. The van der Waals surface area contributed by atoms with Crippen LogP contribution >= 0.6 is 0 Å². The molecule has 31 heavy (non-hydrogen) atoms. The number of aliphatic hydroxyl groups is 1. The zero-order chi connectivity index (χ0) is 22.6. The Morgan fingerprint density at radius 3 is 2.65 bits per heavy atom. The molecule has 1 heterocycles. The van der Waals surface area contributed by atoms with E-state index >= 15 is 0 Å². The van der Waals surface area contributed by atoms with Gasteiger partial charge in [-0.1, -0.05) is 39.0 Å². The number of carbonyl (C=O) groups excluding carboxylic acids is 2. The summed E-state index contributed by atoms with van der Waals surface area (Å²) in [6.45, 7) is 10.4. The third kappa shape index (κ3) is 3.99. The van der Waals surface area contributed by atoms with Gasteiger partial charge < -0.3 is 14.6 Å². The molecule has 1 saturated carbocycles. The van der Waals surface area contributed by atoms with E-state index in [0.29, 0.717) is 18.3 Å². The van der Waals surface area contributed by atoms with Crippen molar-refractivity contribution >= 4 is 11.9 Å². The van der Waals surface area contributed by atoms with Gasteiger partial charge in [-0.25, -0.2) is 0 Å². The molecule has 5 heteroatoms. The molecule has 0 amide bonds. The molecule has 172 valence electrons. The van der Waals surface area contributed by atoms with Gasteiger partial charge in [-0.2, -0.15) is 0 Å². The van der Waals surface area contributed by atoms with Crippen molar-refractivity contribution in [3.8, 4) is 0 Å². The maximum Gasteiger partial charge on any atom is 0.311 e. The second kappa shape index (κ2) is 8.06. The SMILES string of the molecule is CCC(C)(C)C(=O)O[C@H]1C[C@@H](C)C=C2C=C[C@H](C)C3(CC(C4CC(O)CC(=O)O4)C3)[C@H]21. The molecule has 1 saturated heterocycles. The van der Waals surface area contributed by atoms with Gasteiger partial charge in [-0.15, -0.1) is 0 Å². The van der Waals surface area contributed by atoms with Crippen LogP contribution in [0.1, 0.15) is 73.1 Å². The number of hydrogen-bond acceptors (Lipinski definition) is 5. The zero-order valence-electron chi connectivity index (χ0n) is 19.6. The van der Waals surface area contributed by atoms with Crippen LogP contribution in [0, 0.1) is 34.5 Å². The summed E-state index contributed by atoms with van der Waals surface area (Å²) >= 11 is 0. The number of allylic oxidation sites excluding steroid dienone is 3. The quantitative estimate of drug-likeness (QED) is 0.661. The Morgan fingerprint density at radius 2 is 2.00 bits per heavy atom. The van der Waals surface area contributed by atoms with E-state index < -0.39 is 11.5 Å². The summed E-state index contributed by atoms with van der Waals surface area (Å²) in [5, 5.41) is 10.1. The van der Waals surface area contributed by atoms with E-state index in [0.717, 1.165) is 25.7 Å². The van der Waals surface area contributed by atoms with Gasteiger partial charge in [0.05, 0.1) is 17.9 Å². The maximum atomic E-state index is 13.0. The molecule has 2 fully saturated rings. The van der Waals surface area contributed by atoms with E-state index in [2.05, 4.69) is 32.1 Å². The van der Waals surface area contributed by atoms with Crippen molar-refractivity contribution in [2.75, 3.05) is 0 Å². The largest absolute Gasteiger partial charge is 0.462 e. The fourth-order valence-electron chi connectivity index (χ4n) is 6.27. The molecule has 5 nitrogen and oxygen atoms in total. The summed E-state index contributed by atoms with van der Waals surface area (Å²) in [4.78, 5) is 24.8. The molecule has 4 rings (SSSR count). The van der Waals surface area contributed by atoms with Crippen molar-refractivity contribution in [1.82, 2.24) is 0 Å². The van der Waals surface area contributed by atoms with Crippen LogP contribution in [0.5, 0.6) is 0 Å². The molecule has 0 bridgehead atoms. The van der Waals surface area contributed by atoms with Crippen LogP contribution in [-0.2, 0) is 19.1 Å². The molecule has 4 aliphatic rings. The molecule has 1 spiro atoms. The third-order valence-corrected chi connectivity index (χ3v) is 8.61. The number of fused-ring (bicyclic) bond motifs is 2. The summed E-state index contributed by atoms with van der Waals surface area (Å²) < 4.78 is 11.9. The van der Waals surface area contributed by atoms with Crippen LogP contribution in [0.3, 0.4) is 0 Å². The molecular formula is C26H38O5. The van der Waals surface area contributed by atoms with E-state index in [1.165, 1.54) is 5.57 Å². The molecule has 2 unspecified atom stereocenters. The molecule has 6 atom stereocenters. The van der Waals surface area contributed by atoms with Crippen molar-refractivity contribution in [2.45, 2.75) is 91.5 Å². The lowest BCUT2D eigenvalue weighted by molar-refractivity contribution is -0.188. The first-order chi connectivity index (χ1) is 14.6. The average Bonchev–Trinajstić information content (AvgIpc) is 2.65. The van der Waals surface area contributed by atoms with Crippen LogP contribution in [0.15, 0.2) is 23.8 Å². The predicted octanol–water partition coefficient (Wildman–Crippen LogP) is 4.59. The molecular weight excluding hydrogens is 392 g/mol. The Bertz CT molecular complexity index is 788. The molecule has 1 aliphatic heterocycles. The Morgan fingerprint density at radius 1 is 1.29 bits per heavy atom. The summed E-state index contributed by atoms with van der Waals surface area (Å²) in [5.74, 6) is 0.781. The zero-order valence-corrected chi connectivity index (χ0v) is 19.6. The molecule has 0 aromatic heterocycles. The number of rotatable bonds is 4. The van der Waals surface area contributed by atoms with Gasteiger partial charge in [0, 0.05) is 12.3 Å². The van der Waals surface area contributed by atoms with Crippen LogP contribution in [0.2, 0.25) is 0 Å². The normalized spacial score (nSPS) is 42.3. The first-order valence-corrected chi connectivity index (χ1v) is 12.0. The fourth-order valence-corrected chi connectivity index (χ4v) is 6.27. The van der Waals surface area contributed by atoms with Gasteiger partial charge in [0.15, 0.2) is 0 Å². The van der Waals surface area contributed by atoms with Crippen molar-refractivity contribution in [3.05, 3.63) is 23.8 Å². The average molecular weight is 431 g/mol. The summed E-state index contributed by atoms with van der Waals surface area (Å²) in [5.41, 5.74) is 0.826. The fraction of sp³-hybridized carbons (Fsp3) is 0.769. The van der Waals surface area contributed by atoms with E-state index in [-0.39, 0.29) is 47.8 Å². The van der Waals surface area contributed by atoms with Crippen LogP contribution in [0.4, 0.5) is 0 Å². The molecule has 1 N–H and O–H groups in total. The van der Waals surface area contributed by atoms with Gasteiger partial charge in [0.2, 0.25) is 0 Å². The topological polar surface area (TPSA) is 72.8 Å². The van der Waals surface area contributed by atoms with Gasteiger partial charge in [-0.05, 0) is 68.3 Å². The lowest BCUT2D eigenvalue weighted by Gasteiger charge is -2.61. The summed E-state index contributed by atoms with van der Waals surface area (Å²) in [6.07, 6.45) is 10.1. The van der Waals surface area contributed by atoms with E-state index in [9.17, 15) is 14.7 Å². The minimum Gasteiger partial charge on any atom is -0.462 e. The number of esters is 2. The van der Waals surface area contributed by atoms with E-state index in [1.807, 2.05) is 20.8 Å². The highest BCUT2D eigenvalue weighted by molar-refractivity contribution is 5.76. The van der Waals surface area contributed by atoms with Gasteiger partial charge in [-0.3, -0.25) is 9.59 Å². The maximum absolute atomic E-state index is 13.0. The summed E-state index contributed by atoms with van der Waals surface area (Å²) in [6, 6.07) is 0. The number of aliphatic hydroxyl groups excluding tert-OH is 1. The van der Waals surface area contributed by atoms with Crippen LogP contribution in [0.25, 0.3) is 0 Å². The minimum absolute atomic E-state index is 0.0154. The van der Waals surface area contributed by atoms with Crippen molar-refractivity contribution in [2.24, 2.45) is 34.5 Å². The van der Waals surface area contributed by atoms with Gasteiger partial charge in [0.1, 0.15) is 12.2 Å². The second-order valence-electron chi connectivity index (χ2n) is 11.2. The second-order valence-corrected chi connectivity index (χ2v) is 11.2. The Balaban J connectivity index is 1.58. The lowest BCUT2D eigenvalue weighted by atomic mass is 9.45. The Labute approximate surface area is 186 Å². The minimum atomic E-state index is -0.595. The van der Waals surface area contributed by atoms with Crippen LogP contribution < -0.4 is 0 Å². The van der Waals surface area contributed by atoms with Crippen molar-refractivity contribution in [3.63, 3.8) is 0 Å².